The number of rotatable bonds is 19. The summed E-state index contributed by atoms with van der Waals surface area (Å²) in [6.45, 7) is 4.54. The van der Waals surface area contributed by atoms with Gasteiger partial charge in [-0.3, -0.25) is 24.0 Å². The lowest BCUT2D eigenvalue weighted by Gasteiger charge is -2.24. The minimum Gasteiger partial charge on any atom is -0.481 e. The van der Waals surface area contributed by atoms with E-state index in [0.717, 1.165) is 5.56 Å². The molecule has 238 valence electrons. The maximum absolute atomic E-state index is 12.7. The van der Waals surface area contributed by atoms with Gasteiger partial charge in [0.1, 0.15) is 24.3 Å². The first kappa shape index (κ1) is 36.5. The molecule has 1 rings (SSSR count). The van der Waals surface area contributed by atoms with Crippen LogP contribution in [0.5, 0.6) is 0 Å². The normalized spacial score (nSPS) is 12.3. The number of nitrogens with one attached hydrogen (secondary N) is 3. The smallest absolute Gasteiger partial charge is 0.329 e. The van der Waals surface area contributed by atoms with Gasteiger partial charge in [0, 0.05) is 25.7 Å². The number of esters is 2. The van der Waals surface area contributed by atoms with Crippen molar-refractivity contribution in [3.8, 4) is 0 Å². The number of carboxylic acid groups (broad SMARTS) is 2. The number of hydrogen-bond acceptors (Lipinski definition) is 9. The predicted molar refractivity (Wildman–Crippen MR) is 151 cm³/mol. The molecule has 0 spiro atoms. The fourth-order valence-electron chi connectivity index (χ4n) is 3.57. The molecule has 1 aromatic carbocycles. The van der Waals surface area contributed by atoms with Crippen molar-refractivity contribution >= 4 is 41.6 Å². The van der Waals surface area contributed by atoms with Crippen LogP contribution in [0.25, 0.3) is 0 Å². The highest BCUT2D eigenvalue weighted by atomic mass is 16.6. The predicted octanol–water partition coefficient (Wildman–Crippen LogP) is 1.45. The van der Waals surface area contributed by atoms with E-state index in [4.69, 9.17) is 14.6 Å². The first-order valence-electron chi connectivity index (χ1n) is 13.9. The van der Waals surface area contributed by atoms with Crippen LogP contribution >= 0.6 is 0 Å². The zero-order chi connectivity index (χ0) is 32.4. The Morgan fingerprint density at radius 2 is 1.37 bits per heavy atom. The van der Waals surface area contributed by atoms with Crippen LogP contribution in [0.1, 0.15) is 77.7 Å². The monoisotopic (exact) mass is 607 g/mol. The second-order valence-corrected chi connectivity index (χ2v) is 10.7. The number of amides is 3. The lowest BCUT2D eigenvalue weighted by molar-refractivity contribution is -0.159. The maximum Gasteiger partial charge on any atom is 0.329 e. The fourth-order valence-corrected chi connectivity index (χ4v) is 3.57. The minimum absolute atomic E-state index is 0.0571. The van der Waals surface area contributed by atoms with Crippen LogP contribution in [0.4, 0.5) is 0 Å². The van der Waals surface area contributed by atoms with Gasteiger partial charge < -0.3 is 35.6 Å². The van der Waals surface area contributed by atoms with Gasteiger partial charge in [0.25, 0.3) is 0 Å². The van der Waals surface area contributed by atoms with Crippen LogP contribution in [0, 0.1) is 0 Å². The molecule has 0 aliphatic rings. The van der Waals surface area contributed by atoms with Crippen molar-refractivity contribution in [3.63, 3.8) is 0 Å². The van der Waals surface area contributed by atoms with Crippen LogP contribution < -0.4 is 16.0 Å². The van der Waals surface area contributed by atoms with Crippen LogP contribution in [0.3, 0.4) is 0 Å². The van der Waals surface area contributed by atoms with Gasteiger partial charge in [-0.2, -0.15) is 0 Å². The van der Waals surface area contributed by atoms with E-state index in [0.29, 0.717) is 12.8 Å². The van der Waals surface area contributed by atoms with Gasteiger partial charge in [0.2, 0.25) is 17.7 Å². The summed E-state index contributed by atoms with van der Waals surface area (Å²) >= 11 is 0. The molecule has 0 bridgehead atoms. The van der Waals surface area contributed by atoms with Crippen molar-refractivity contribution in [1.29, 1.82) is 0 Å². The summed E-state index contributed by atoms with van der Waals surface area (Å²) in [6.07, 6.45) is -0.433. The Morgan fingerprint density at radius 1 is 0.767 bits per heavy atom. The number of carboxylic acids is 2. The van der Waals surface area contributed by atoms with Crippen LogP contribution in [0.15, 0.2) is 30.3 Å². The Balaban J connectivity index is 2.50. The quantitative estimate of drug-likeness (QED) is 0.112. The first-order valence-corrected chi connectivity index (χ1v) is 13.9. The molecule has 0 fully saturated rings. The fraction of sp³-hybridized carbons (Fsp3) is 0.552. The number of carbonyl (C=O) groups excluding carboxylic acids is 5. The number of aliphatic carboxylic acids is 2. The summed E-state index contributed by atoms with van der Waals surface area (Å²) in [5.74, 6) is -5.78. The molecule has 0 saturated heterocycles. The van der Waals surface area contributed by atoms with Gasteiger partial charge >= 0.3 is 23.9 Å². The van der Waals surface area contributed by atoms with Gasteiger partial charge in [0.05, 0.1) is 6.54 Å². The lowest BCUT2D eigenvalue weighted by Crippen LogP contribution is -2.48. The molecule has 1 aromatic rings. The van der Waals surface area contributed by atoms with E-state index >= 15 is 0 Å². The molecule has 14 heteroatoms. The van der Waals surface area contributed by atoms with Crippen molar-refractivity contribution < 1.29 is 53.2 Å². The molecule has 0 aromatic heterocycles. The number of benzene rings is 1. The van der Waals surface area contributed by atoms with Crippen LogP contribution in [-0.2, 0) is 49.6 Å². The zero-order valence-electron chi connectivity index (χ0n) is 24.7. The largest absolute Gasteiger partial charge is 0.481 e. The third kappa shape index (κ3) is 17.8. The Bertz CT molecular complexity index is 1120. The van der Waals surface area contributed by atoms with E-state index in [9.17, 15) is 38.7 Å². The molecule has 43 heavy (non-hydrogen) atoms. The second-order valence-electron chi connectivity index (χ2n) is 10.7. The average Bonchev–Trinajstić information content (AvgIpc) is 2.92. The van der Waals surface area contributed by atoms with Gasteiger partial charge in [-0.05, 0) is 52.0 Å². The highest BCUT2D eigenvalue weighted by molar-refractivity contribution is 5.89. The van der Waals surface area contributed by atoms with E-state index < -0.39 is 66.3 Å². The molecule has 0 aliphatic heterocycles. The Kier molecular flexibility index (Phi) is 16.0. The summed E-state index contributed by atoms with van der Waals surface area (Å²) in [6, 6.07) is 6.49. The number of ether oxygens (including phenoxy) is 2. The first-order chi connectivity index (χ1) is 20.2. The third-order valence-electron chi connectivity index (χ3n) is 5.69. The molecule has 0 saturated carbocycles. The molecule has 2 atom stereocenters. The second kappa shape index (κ2) is 18.8. The Hall–Kier alpha value is -4.49. The maximum atomic E-state index is 12.7. The highest BCUT2D eigenvalue weighted by Gasteiger charge is 2.28. The summed E-state index contributed by atoms with van der Waals surface area (Å²) in [5, 5.41) is 25.0. The molecule has 0 aliphatic carbocycles. The topological polar surface area (TPSA) is 214 Å². The van der Waals surface area contributed by atoms with Crippen molar-refractivity contribution in [1.82, 2.24) is 16.0 Å². The molecule has 0 radical (unpaired) electrons. The summed E-state index contributed by atoms with van der Waals surface area (Å²) in [7, 11) is 0. The molecule has 2 unspecified atom stereocenters. The lowest BCUT2D eigenvalue weighted by atomic mass is 10.1. The summed E-state index contributed by atoms with van der Waals surface area (Å²) in [4.78, 5) is 83.5. The van der Waals surface area contributed by atoms with E-state index in [1.165, 1.54) is 0 Å². The van der Waals surface area contributed by atoms with Gasteiger partial charge in [-0.25, -0.2) is 9.59 Å². The highest BCUT2D eigenvalue weighted by Crippen LogP contribution is 2.11. The summed E-state index contributed by atoms with van der Waals surface area (Å²) < 4.78 is 10.5. The van der Waals surface area contributed by atoms with Gasteiger partial charge in [-0.1, -0.05) is 30.3 Å². The standard InChI is InChI=1S/C29H41N3O11/c1-29(2,3)43-28(41)21(13-15-23(34)31-20(27(39)40)14-16-25(36)37)32-24(35)17-30-22(33)11-7-8-12-26(38)42-18-19-9-5-4-6-10-19/h4-6,9-10,20-21H,7-8,11-18H2,1-3H3,(H,30,33)(H,31,34)(H,32,35)(H,36,37)(H,39,40). The van der Waals surface area contributed by atoms with Gasteiger partial charge in [-0.15, -0.1) is 0 Å². The van der Waals surface area contributed by atoms with Crippen LogP contribution in [0.2, 0.25) is 0 Å². The Morgan fingerprint density at radius 3 is 1.98 bits per heavy atom. The van der Waals surface area contributed by atoms with Crippen LogP contribution in [-0.4, -0.2) is 76.0 Å². The van der Waals surface area contributed by atoms with Crippen molar-refractivity contribution in [2.45, 2.75) is 96.4 Å². The average molecular weight is 608 g/mol. The minimum atomic E-state index is -1.44. The van der Waals surface area contributed by atoms with Crippen molar-refractivity contribution in [3.05, 3.63) is 35.9 Å². The number of unbranched alkanes of at least 4 members (excludes halogenated alkanes) is 1. The Labute approximate surface area is 249 Å². The van der Waals surface area contributed by atoms with Crippen molar-refractivity contribution in [2.75, 3.05) is 6.54 Å². The third-order valence-corrected chi connectivity index (χ3v) is 5.69. The molecule has 5 N–H and O–H groups in total. The molecule has 0 heterocycles. The zero-order valence-corrected chi connectivity index (χ0v) is 24.7. The molecule has 3 amide bonds. The molecular weight excluding hydrogens is 566 g/mol. The molecule has 14 nitrogen and oxygen atoms in total. The van der Waals surface area contributed by atoms with E-state index in [2.05, 4.69) is 16.0 Å². The van der Waals surface area contributed by atoms with E-state index in [1.54, 1.807) is 20.8 Å². The van der Waals surface area contributed by atoms with E-state index in [-0.39, 0.29) is 44.7 Å². The van der Waals surface area contributed by atoms with E-state index in [1.807, 2.05) is 30.3 Å². The summed E-state index contributed by atoms with van der Waals surface area (Å²) in [5.41, 5.74) is -0.0408. The SMILES string of the molecule is CC(C)(C)OC(=O)C(CCC(=O)NC(CCC(=O)O)C(=O)O)NC(=O)CNC(=O)CCCCC(=O)OCc1ccccc1. The number of carbonyl (C=O) groups is 7. The van der Waals surface area contributed by atoms with Crippen molar-refractivity contribution in [2.24, 2.45) is 0 Å². The molecular formula is C29H41N3O11. The number of hydrogen-bond donors (Lipinski definition) is 5. The van der Waals surface area contributed by atoms with Gasteiger partial charge in [0.15, 0.2) is 0 Å².